The molecule has 3 heteroatoms. The van der Waals surface area contributed by atoms with E-state index >= 15 is 0 Å². The number of hydrogen-bond donors (Lipinski definition) is 0. The molecule has 1 aromatic carbocycles. The highest BCUT2D eigenvalue weighted by Gasteiger charge is 2.09. The van der Waals surface area contributed by atoms with E-state index in [0.29, 0.717) is 12.0 Å². The van der Waals surface area contributed by atoms with E-state index in [1.807, 2.05) is 24.3 Å². The van der Waals surface area contributed by atoms with E-state index < -0.39 is 0 Å². The Morgan fingerprint density at radius 3 is 2.71 bits per heavy atom. The lowest BCUT2D eigenvalue weighted by Crippen LogP contribution is -2.08. The van der Waals surface area contributed by atoms with Gasteiger partial charge in [-0.25, -0.2) is 0 Å². The Bertz CT molecular complexity index is 511. The molecular weight excluding hydrogens is 178 g/mol. The van der Waals surface area contributed by atoms with Gasteiger partial charge in [0.2, 0.25) is 5.91 Å². The Balaban J connectivity index is 2.87. The minimum atomic E-state index is -0.145. The second-order valence-corrected chi connectivity index (χ2v) is 3.10. The smallest absolute Gasteiger partial charge is 0.228 e. The van der Waals surface area contributed by atoms with Gasteiger partial charge in [0, 0.05) is 12.3 Å². The Morgan fingerprint density at radius 2 is 2.07 bits per heavy atom. The van der Waals surface area contributed by atoms with E-state index in [1.54, 1.807) is 6.07 Å². The summed E-state index contributed by atoms with van der Waals surface area (Å²) in [5.41, 5.74) is 1.18. The first-order valence-electron chi connectivity index (χ1n) is 4.30. The average Bonchev–Trinajstić information content (AvgIpc) is 2.55. The van der Waals surface area contributed by atoms with Crippen LogP contribution in [0, 0.1) is 0 Å². The largest absolute Gasteiger partial charge is 0.296 e. The first-order valence-corrected chi connectivity index (χ1v) is 4.30. The zero-order valence-corrected chi connectivity index (χ0v) is 7.73. The molecule has 0 aliphatic carbocycles. The summed E-state index contributed by atoms with van der Waals surface area (Å²) in [6.45, 7) is 1.44. The molecule has 3 nitrogen and oxygen atoms in total. The molecule has 2 rings (SSSR count). The van der Waals surface area contributed by atoms with Crippen LogP contribution >= 0.6 is 0 Å². The number of carbonyl (C=O) groups is 2. The fourth-order valence-corrected chi connectivity index (χ4v) is 1.61. The lowest BCUT2D eigenvalue weighted by Gasteiger charge is -2.00. The number of aromatic nitrogens is 1. The van der Waals surface area contributed by atoms with Gasteiger partial charge in [-0.15, -0.1) is 0 Å². The molecule has 0 bridgehead atoms. The van der Waals surface area contributed by atoms with Crippen molar-refractivity contribution in [3.05, 3.63) is 36.0 Å². The molecule has 0 fully saturated rings. The van der Waals surface area contributed by atoms with Gasteiger partial charge in [-0.1, -0.05) is 18.2 Å². The zero-order chi connectivity index (χ0) is 10.1. The number of hydrogen-bond acceptors (Lipinski definition) is 2. The number of fused-ring (bicyclic) bond motifs is 1. The van der Waals surface area contributed by atoms with Crippen LogP contribution in [0.5, 0.6) is 0 Å². The van der Waals surface area contributed by atoms with Crippen molar-refractivity contribution >= 4 is 23.1 Å². The van der Waals surface area contributed by atoms with Crippen molar-refractivity contribution in [2.45, 2.75) is 6.92 Å². The third-order valence-corrected chi connectivity index (χ3v) is 2.17. The molecule has 2 aromatic rings. The van der Waals surface area contributed by atoms with Crippen LogP contribution in [-0.2, 0) is 0 Å². The minimum absolute atomic E-state index is 0.145. The third-order valence-electron chi connectivity index (χ3n) is 2.17. The quantitative estimate of drug-likeness (QED) is 0.641. The minimum Gasteiger partial charge on any atom is -0.296 e. The van der Waals surface area contributed by atoms with E-state index in [4.69, 9.17) is 0 Å². The summed E-state index contributed by atoms with van der Waals surface area (Å²) in [5, 5.41) is 0.907. The highest BCUT2D eigenvalue weighted by molar-refractivity contribution is 5.98. The Labute approximate surface area is 81.0 Å². The summed E-state index contributed by atoms with van der Waals surface area (Å²) in [5.74, 6) is -0.145. The first-order chi connectivity index (χ1) is 6.74. The van der Waals surface area contributed by atoms with Crippen LogP contribution in [0.15, 0.2) is 30.3 Å². The SMILES string of the molecule is CC(=O)n1c(C=O)cc2ccccc21. The number of para-hydroxylation sites is 1. The Kier molecular flexibility index (Phi) is 1.93. The molecule has 70 valence electrons. The van der Waals surface area contributed by atoms with Crippen molar-refractivity contribution in [1.29, 1.82) is 0 Å². The molecule has 0 saturated carbocycles. The van der Waals surface area contributed by atoms with E-state index in [-0.39, 0.29) is 5.91 Å². The van der Waals surface area contributed by atoms with E-state index in [2.05, 4.69) is 0 Å². The lowest BCUT2D eigenvalue weighted by molar-refractivity contribution is 0.0929. The number of nitrogens with zero attached hydrogens (tertiary/aromatic N) is 1. The van der Waals surface area contributed by atoms with Gasteiger partial charge in [0.25, 0.3) is 0 Å². The van der Waals surface area contributed by atoms with Crippen molar-refractivity contribution in [3.63, 3.8) is 0 Å². The maximum absolute atomic E-state index is 11.3. The third kappa shape index (κ3) is 1.14. The fraction of sp³-hybridized carbons (Fsp3) is 0.0909. The highest BCUT2D eigenvalue weighted by Crippen LogP contribution is 2.18. The molecule has 0 amide bonds. The van der Waals surface area contributed by atoms with Crippen LogP contribution in [0.25, 0.3) is 10.9 Å². The second kappa shape index (κ2) is 3.10. The maximum atomic E-state index is 11.3. The molecular formula is C11H9NO2. The topological polar surface area (TPSA) is 39.1 Å². The first kappa shape index (κ1) is 8.69. The van der Waals surface area contributed by atoms with Gasteiger partial charge in [0.05, 0.1) is 11.2 Å². The normalized spacial score (nSPS) is 10.4. The predicted octanol–water partition coefficient (Wildman–Crippen LogP) is 2.11. The van der Waals surface area contributed by atoms with Gasteiger partial charge in [-0.3, -0.25) is 14.2 Å². The predicted molar refractivity (Wildman–Crippen MR) is 53.6 cm³/mol. The van der Waals surface area contributed by atoms with Crippen molar-refractivity contribution in [2.75, 3.05) is 0 Å². The molecule has 0 aliphatic heterocycles. The number of benzene rings is 1. The van der Waals surface area contributed by atoms with Crippen molar-refractivity contribution < 1.29 is 9.59 Å². The van der Waals surface area contributed by atoms with Crippen LogP contribution in [-0.4, -0.2) is 16.8 Å². The second-order valence-electron chi connectivity index (χ2n) is 3.10. The summed E-state index contributed by atoms with van der Waals surface area (Å²) in [4.78, 5) is 22.0. The summed E-state index contributed by atoms with van der Waals surface area (Å²) >= 11 is 0. The molecule has 0 saturated heterocycles. The Morgan fingerprint density at radius 1 is 1.36 bits per heavy atom. The van der Waals surface area contributed by atoms with E-state index in [1.165, 1.54) is 11.5 Å². The number of rotatable bonds is 1. The monoisotopic (exact) mass is 187 g/mol. The fourth-order valence-electron chi connectivity index (χ4n) is 1.61. The van der Waals surface area contributed by atoms with Gasteiger partial charge < -0.3 is 0 Å². The molecule has 14 heavy (non-hydrogen) atoms. The van der Waals surface area contributed by atoms with E-state index in [9.17, 15) is 9.59 Å². The van der Waals surface area contributed by atoms with Crippen LogP contribution in [0.4, 0.5) is 0 Å². The van der Waals surface area contributed by atoms with Crippen LogP contribution in [0.3, 0.4) is 0 Å². The van der Waals surface area contributed by atoms with Crippen molar-refractivity contribution in [3.8, 4) is 0 Å². The number of aldehydes is 1. The molecule has 0 spiro atoms. The van der Waals surface area contributed by atoms with Crippen molar-refractivity contribution in [1.82, 2.24) is 4.57 Å². The molecule has 1 heterocycles. The van der Waals surface area contributed by atoms with Crippen molar-refractivity contribution in [2.24, 2.45) is 0 Å². The summed E-state index contributed by atoms with van der Waals surface area (Å²) in [7, 11) is 0. The zero-order valence-electron chi connectivity index (χ0n) is 7.73. The summed E-state index contributed by atoms with van der Waals surface area (Å²) in [6.07, 6.45) is 0.696. The van der Waals surface area contributed by atoms with Gasteiger partial charge in [0.1, 0.15) is 0 Å². The van der Waals surface area contributed by atoms with Crippen LogP contribution in [0.2, 0.25) is 0 Å². The van der Waals surface area contributed by atoms with Gasteiger partial charge in [-0.2, -0.15) is 0 Å². The Hall–Kier alpha value is -1.90. The molecule has 0 radical (unpaired) electrons. The van der Waals surface area contributed by atoms with Gasteiger partial charge in [-0.05, 0) is 12.1 Å². The molecule has 0 atom stereocenters. The average molecular weight is 187 g/mol. The molecule has 0 unspecified atom stereocenters. The molecule has 0 aliphatic rings. The lowest BCUT2D eigenvalue weighted by atomic mass is 10.2. The standard InChI is InChI=1S/C11H9NO2/c1-8(14)12-10(7-13)6-9-4-2-3-5-11(9)12/h2-7H,1H3. The van der Waals surface area contributed by atoms with Crippen LogP contribution in [0.1, 0.15) is 22.2 Å². The summed E-state index contributed by atoms with van der Waals surface area (Å²) < 4.78 is 1.42. The van der Waals surface area contributed by atoms with Gasteiger partial charge >= 0.3 is 0 Å². The van der Waals surface area contributed by atoms with Gasteiger partial charge in [0.15, 0.2) is 6.29 Å². The highest BCUT2D eigenvalue weighted by atomic mass is 16.2. The van der Waals surface area contributed by atoms with Crippen LogP contribution < -0.4 is 0 Å². The number of carbonyl (C=O) groups excluding carboxylic acids is 2. The maximum Gasteiger partial charge on any atom is 0.228 e. The molecule has 0 N–H and O–H groups in total. The summed E-state index contributed by atoms with van der Waals surface area (Å²) in [6, 6.07) is 9.13. The molecule has 1 aromatic heterocycles. The van der Waals surface area contributed by atoms with E-state index in [0.717, 1.165) is 10.9 Å².